The van der Waals surface area contributed by atoms with Gasteiger partial charge < -0.3 is 16.5 Å². The number of carbonyl (C=O) groups excluding carboxylic acids is 2. The molecule has 2 amide bonds. The topological polar surface area (TPSA) is 87.5 Å². The van der Waals surface area contributed by atoms with Gasteiger partial charge in [-0.15, -0.1) is 0 Å². The molecule has 130 valence electrons. The summed E-state index contributed by atoms with van der Waals surface area (Å²) in [5, 5.41) is 4.40. The molecule has 0 spiro atoms. The highest BCUT2D eigenvalue weighted by Gasteiger charge is 2.52. The lowest BCUT2D eigenvalue weighted by Crippen LogP contribution is -2.61. The quantitative estimate of drug-likeness (QED) is 0.737. The molecule has 1 aliphatic rings. The largest absolute Gasteiger partial charge is 0.368 e. The molecular weight excluding hydrogens is 304 g/mol. The Hall–Kier alpha value is -2.34. The maximum atomic E-state index is 12.5. The molecule has 0 saturated carbocycles. The van der Waals surface area contributed by atoms with Gasteiger partial charge in [0.25, 0.3) is 5.91 Å². The first kappa shape index (κ1) is 18.0. The molecule has 4 N–H and O–H groups in total. The summed E-state index contributed by atoms with van der Waals surface area (Å²) in [5.41, 5.74) is 9.25. The molecule has 0 fully saturated rings. The molecule has 1 unspecified atom stereocenters. The van der Waals surface area contributed by atoms with Crippen molar-refractivity contribution in [3.8, 4) is 0 Å². The minimum Gasteiger partial charge on any atom is -0.368 e. The number of nitrogens with one attached hydrogen (secondary N) is 2. The predicted octanol–water partition coefficient (Wildman–Crippen LogP) is 1.47. The molecule has 24 heavy (non-hydrogen) atoms. The van der Waals surface area contributed by atoms with E-state index in [2.05, 4.69) is 10.7 Å². The van der Waals surface area contributed by atoms with Crippen molar-refractivity contribution in [2.24, 2.45) is 11.7 Å². The van der Waals surface area contributed by atoms with Crippen molar-refractivity contribution in [3.05, 3.63) is 47.7 Å². The van der Waals surface area contributed by atoms with Crippen LogP contribution in [0.2, 0.25) is 0 Å². The Morgan fingerprint density at radius 3 is 2.42 bits per heavy atom. The monoisotopic (exact) mass is 330 g/mol. The molecule has 1 heterocycles. The fraction of sp³-hybridized carbons (Fsp3) is 0.444. The predicted molar refractivity (Wildman–Crippen MR) is 93.4 cm³/mol. The van der Waals surface area contributed by atoms with Crippen molar-refractivity contribution in [3.63, 3.8) is 0 Å². The van der Waals surface area contributed by atoms with E-state index in [1.54, 1.807) is 13.1 Å². The lowest BCUT2D eigenvalue weighted by molar-refractivity contribution is -0.133. The van der Waals surface area contributed by atoms with E-state index >= 15 is 0 Å². The van der Waals surface area contributed by atoms with Crippen LogP contribution in [0.5, 0.6) is 0 Å². The molecule has 1 aromatic carbocycles. The second kappa shape index (κ2) is 7.05. The molecule has 2 rings (SSSR count). The summed E-state index contributed by atoms with van der Waals surface area (Å²) >= 11 is 0. The summed E-state index contributed by atoms with van der Waals surface area (Å²) in [5.74, 6) is -0.798. The Morgan fingerprint density at radius 2 is 1.92 bits per heavy atom. The maximum Gasteiger partial charge on any atom is 0.268 e. The Labute approximate surface area is 143 Å². The van der Waals surface area contributed by atoms with Gasteiger partial charge in [-0.05, 0) is 24.5 Å². The van der Waals surface area contributed by atoms with Crippen molar-refractivity contribution in [2.45, 2.75) is 38.8 Å². The number of likely N-dealkylation sites (N-methyl/N-ethyl adjacent to an activating group) is 1. The average Bonchev–Trinajstić information content (AvgIpc) is 3.02. The molecule has 0 aromatic heterocycles. The van der Waals surface area contributed by atoms with Crippen molar-refractivity contribution < 1.29 is 9.59 Å². The second-order valence-electron chi connectivity index (χ2n) is 6.20. The van der Waals surface area contributed by atoms with Gasteiger partial charge in [-0.2, -0.15) is 5.01 Å². The number of hydrazine groups is 1. The number of carbonyl (C=O) groups is 2. The fourth-order valence-electron chi connectivity index (χ4n) is 3.22. The van der Waals surface area contributed by atoms with Crippen molar-refractivity contribution in [1.29, 1.82) is 0 Å². The minimum atomic E-state index is -1.06. The second-order valence-corrected chi connectivity index (χ2v) is 6.20. The van der Waals surface area contributed by atoms with Gasteiger partial charge in [-0.3, -0.25) is 9.59 Å². The third kappa shape index (κ3) is 2.89. The Morgan fingerprint density at radius 1 is 1.29 bits per heavy atom. The summed E-state index contributed by atoms with van der Waals surface area (Å²) in [6, 6.07) is 9.68. The zero-order valence-corrected chi connectivity index (χ0v) is 14.7. The van der Waals surface area contributed by atoms with E-state index in [9.17, 15) is 9.59 Å². The molecule has 3 atom stereocenters. The highest BCUT2D eigenvalue weighted by atomic mass is 16.2. The van der Waals surface area contributed by atoms with Gasteiger partial charge in [0.05, 0.1) is 6.04 Å². The summed E-state index contributed by atoms with van der Waals surface area (Å²) in [6.45, 7) is 5.97. The zero-order valence-electron chi connectivity index (χ0n) is 14.7. The van der Waals surface area contributed by atoms with Crippen LogP contribution in [0.25, 0.3) is 0 Å². The third-order valence-electron chi connectivity index (χ3n) is 4.90. The van der Waals surface area contributed by atoms with E-state index in [1.165, 1.54) is 0 Å². The number of primary amides is 1. The van der Waals surface area contributed by atoms with E-state index in [-0.39, 0.29) is 17.9 Å². The lowest BCUT2D eigenvalue weighted by atomic mass is 9.81. The number of hydrogen-bond acceptors (Lipinski definition) is 4. The minimum absolute atomic E-state index is 0.0594. The first-order chi connectivity index (χ1) is 11.4. The third-order valence-corrected chi connectivity index (χ3v) is 4.90. The maximum absolute atomic E-state index is 12.5. The molecule has 1 aliphatic heterocycles. The molecule has 1 aromatic rings. The van der Waals surface area contributed by atoms with Crippen molar-refractivity contribution >= 4 is 11.8 Å². The molecule has 0 saturated heterocycles. The molecule has 0 radical (unpaired) electrons. The molecule has 0 aliphatic carbocycles. The highest BCUT2D eigenvalue weighted by Crippen LogP contribution is 2.38. The van der Waals surface area contributed by atoms with Crippen LogP contribution in [-0.4, -0.2) is 29.4 Å². The van der Waals surface area contributed by atoms with Gasteiger partial charge in [-0.1, -0.05) is 50.6 Å². The molecule has 6 nitrogen and oxygen atoms in total. The summed E-state index contributed by atoms with van der Waals surface area (Å²) < 4.78 is 0. The standard InChI is InChI=1S/C18H26N4O2/c1-5-12(2)18(17(19)24)11-15(16(23)20-4)21-22(18)13(3)14-9-7-6-8-10-14/h6-13,21H,5H2,1-4H3,(H2,19,24)(H,20,23)/t12-,13+,18?/m1/s1. The lowest BCUT2D eigenvalue weighted by Gasteiger charge is -2.42. The van der Waals surface area contributed by atoms with Crippen molar-refractivity contribution in [2.75, 3.05) is 7.05 Å². The smallest absolute Gasteiger partial charge is 0.268 e. The molecule has 6 heteroatoms. The van der Waals surface area contributed by atoms with Crippen molar-refractivity contribution in [1.82, 2.24) is 15.8 Å². The van der Waals surface area contributed by atoms with E-state index in [0.717, 1.165) is 12.0 Å². The SMILES string of the molecule is CC[C@@H](C)C1(C(N)=O)C=C(C(=O)NC)NN1[C@@H](C)c1ccccc1. The van der Waals surface area contributed by atoms with E-state index in [0.29, 0.717) is 5.70 Å². The number of nitrogens with two attached hydrogens (primary N) is 1. The number of nitrogens with zero attached hydrogens (tertiary/aromatic N) is 1. The Kier molecular flexibility index (Phi) is 5.29. The van der Waals surface area contributed by atoms with Gasteiger partial charge in [-0.25, -0.2) is 0 Å². The van der Waals surface area contributed by atoms with Crippen LogP contribution < -0.4 is 16.5 Å². The van der Waals surface area contributed by atoms with Gasteiger partial charge in [0.15, 0.2) is 0 Å². The summed E-state index contributed by atoms with van der Waals surface area (Å²) in [4.78, 5) is 24.6. The van der Waals surface area contributed by atoms with Crippen LogP contribution in [0.4, 0.5) is 0 Å². The summed E-state index contributed by atoms with van der Waals surface area (Å²) in [6.07, 6.45) is 2.42. The van der Waals surface area contributed by atoms with Crippen LogP contribution in [-0.2, 0) is 9.59 Å². The van der Waals surface area contributed by atoms with Gasteiger partial charge in [0.1, 0.15) is 11.2 Å². The number of rotatable bonds is 6. The number of benzene rings is 1. The number of amides is 2. The zero-order chi connectivity index (χ0) is 17.9. The number of hydrogen-bond donors (Lipinski definition) is 3. The normalized spacial score (nSPS) is 23.1. The highest BCUT2D eigenvalue weighted by molar-refractivity contribution is 5.97. The van der Waals surface area contributed by atoms with Crippen LogP contribution in [0, 0.1) is 5.92 Å². The first-order valence-electron chi connectivity index (χ1n) is 8.24. The Balaban J connectivity index is 2.52. The molecular formula is C18H26N4O2. The van der Waals surface area contributed by atoms with Crippen LogP contribution in [0.1, 0.15) is 38.8 Å². The van der Waals surface area contributed by atoms with E-state index in [1.807, 2.05) is 56.1 Å². The van der Waals surface area contributed by atoms with Crippen LogP contribution >= 0.6 is 0 Å². The van der Waals surface area contributed by atoms with Gasteiger partial charge in [0.2, 0.25) is 5.91 Å². The first-order valence-corrected chi connectivity index (χ1v) is 8.24. The molecule has 0 bridgehead atoms. The van der Waals surface area contributed by atoms with Crippen LogP contribution in [0.3, 0.4) is 0 Å². The Bertz CT molecular complexity index is 644. The van der Waals surface area contributed by atoms with E-state index < -0.39 is 11.4 Å². The summed E-state index contributed by atoms with van der Waals surface area (Å²) in [7, 11) is 1.56. The fourth-order valence-corrected chi connectivity index (χ4v) is 3.22. The average molecular weight is 330 g/mol. The van der Waals surface area contributed by atoms with E-state index in [4.69, 9.17) is 5.73 Å². The van der Waals surface area contributed by atoms with Gasteiger partial charge in [0, 0.05) is 7.05 Å². The van der Waals surface area contributed by atoms with Crippen LogP contribution in [0.15, 0.2) is 42.1 Å². The van der Waals surface area contributed by atoms with Gasteiger partial charge >= 0.3 is 0 Å².